The smallest absolute Gasteiger partial charge is 0.450 e. The molecule has 38 heavy (non-hydrogen) atoms. The van der Waals surface area contributed by atoms with E-state index in [9.17, 15) is 22.8 Å². The summed E-state index contributed by atoms with van der Waals surface area (Å²) < 4.78 is 68.7. The summed E-state index contributed by atoms with van der Waals surface area (Å²) in [5.41, 5.74) is -1.68. The fourth-order valence-corrected chi connectivity index (χ4v) is 4.18. The molecule has 2 aromatic heterocycles. The minimum absolute atomic E-state index is 0.0373. The third-order valence-corrected chi connectivity index (χ3v) is 5.93. The van der Waals surface area contributed by atoms with Crippen LogP contribution in [-0.4, -0.2) is 14.2 Å². The average molecular weight is 524 g/mol. The molecule has 7 nitrogen and oxygen atoms in total. The Bertz CT molecular complexity index is 1780. The van der Waals surface area contributed by atoms with Crippen LogP contribution in [0.3, 0.4) is 0 Å². The zero-order chi connectivity index (χ0) is 27.0. The van der Waals surface area contributed by atoms with E-state index in [1.54, 1.807) is 24.3 Å². The third kappa shape index (κ3) is 4.56. The minimum atomic E-state index is -4.96. The molecule has 2 heterocycles. The Morgan fingerprint density at radius 3 is 2.21 bits per heavy atom. The standard InChI is InChI=1S/C28H19F3O7/c1-34-16-7-9-18-15(11-24(32)37-22(18)12-16)14-36-17-8-10-20-23(13-17)38-27(28(29,30)31)25(26(20)33)19-5-3-4-6-21(19)35-2/h3-13H,14H2,1-2H3. The topological polar surface area (TPSA) is 88.1 Å². The lowest BCUT2D eigenvalue weighted by Crippen LogP contribution is -2.16. The molecule has 0 saturated heterocycles. The molecule has 0 aliphatic heterocycles. The highest BCUT2D eigenvalue weighted by atomic mass is 19.4. The highest BCUT2D eigenvalue weighted by Crippen LogP contribution is 2.40. The molecule has 0 amide bonds. The van der Waals surface area contributed by atoms with Crippen LogP contribution in [0.15, 0.2) is 85.2 Å². The van der Waals surface area contributed by atoms with E-state index in [4.69, 9.17) is 23.0 Å². The average Bonchev–Trinajstić information content (AvgIpc) is 2.90. The second-order valence-corrected chi connectivity index (χ2v) is 8.23. The molecule has 0 fully saturated rings. The highest BCUT2D eigenvalue weighted by molar-refractivity contribution is 5.85. The first-order valence-electron chi connectivity index (χ1n) is 11.2. The predicted octanol–water partition coefficient (Wildman–Crippen LogP) is 6.18. The SMILES string of the molecule is COc1ccc2c(COc3ccc4c(=O)c(-c5ccccc5OC)c(C(F)(F)F)oc4c3)cc(=O)oc2c1. The number of halogens is 3. The Hall–Kier alpha value is -4.73. The lowest BCUT2D eigenvalue weighted by atomic mass is 10.0. The van der Waals surface area contributed by atoms with Crippen molar-refractivity contribution in [3.05, 3.63) is 98.7 Å². The minimum Gasteiger partial charge on any atom is -0.497 e. The van der Waals surface area contributed by atoms with Gasteiger partial charge in [0, 0.05) is 34.7 Å². The molecule has 10 heteroatoms. The second kappa shape index (κ2) is 9.62. The van der Waals surface area contributed by atoms with E-state index in [1.807, 2.05) is 0 Å². The fourth-order valence-electron chi connectivity index (χ4n) is 4.18. The largest absolute Gasteiger partial charge is 0.497 e. The summed E-state index contributed by atoms with van der Waals surface area (Å²) in [6.07, 6.45) is -4.96. The van der Waals surface area contributed by atoms with Gasteiger partial charge in [0.05, 0.1) is 25.2 Å². The maximum absolute atomic E-state index is 14.0. The van der Waals surface area contributed by atoms with Crippen LogP contribution in [0.1, 0.15) is 11.3 Å². The van der Waals surface area contributed by atoms with E-state index in [1.165, 1.54) is 56.7 Å². The van der Waals surface area contributed by atoms with Crippen LogP contribution in [0.5, 0.6) is 17.2 Å². The van der Waals surface area contributed by atoms with Gasteiger partial charge in [-0.05, 0) is 30.3 Å². The second-order valence-electron chi connectivity index (χ2n) is 8.23. The molecule has 3 aromatic carbocycles. The van der Waals surface area contributed by atoms with Crippen molar-refractivity contribution >= 4 is 21.9 Å². The van der Waals surface area contributed by atoms with Gasteiger partial charge in [-0.3, -0.25) is 4.79 Å². The van der Waals surface area contributed by atoms with E-state index in [0.29, 0.717) is 22.3 Å². The van der Waals surface area contributed by atoms with Crippen molar-refractivity contribution in [2.24, 2.45) is 0 Å². The Labute approximate surface area is 212 Å². The van der Waals surface area contributed by atoms with Gasteiger partial charge in [-0.1, -0.05) is 18.2 Å². The van der Waals surface area contributed by atoms with Gasteiger partial charge in [-0.25, -0.2) is 4.79 Å². The lowest BCUT2D eigenvalue weighted by Gasteiger charge is -2.15. The van der Waals surface area contributed by atoms with Gasteiger partial charge in [-0.2, -0.15) is 13.2 Å². The summed E-state index contributed by atoms with van der Waals surface area (Å²) in [6.45, 7) is -0.102. The van der Waals surface area contributed by atoms with Crippen LogP contribution >= 0.6 is 0 Å². The van der Waals surface area contributed by atoms with Gasteiger partial charge >= 0.3 is 11.8 Å². The van der Waals surface area contributed by atoms with Gasteiger partial charge in [0.1, 0.15) is 35.0 Å². The van der Waals surface area contributed by atoms with Crippen LogP contribution in [-0.2, 0) is 12.8 Å². The van der Waals surface area contributed by atoms with Crippen molar-refractivity contribution in [3.8, 4) is 28.4 Å². The molecule has 0 N–H and O–H groups in total. The van der Waals surface area contributed by atoms with Crippen molar-refractivity contribution in [1.29, 1.82) is 0 Å². The number of benzene rings is 3. The number of hydrogen-bond donors (Lipinski definition) is 0. The summed E-state index contributed by atoms with van der Waals surface area (Å²) in [5.74, 6) is -0.719. The molecule has 0 bridgehead atoms. The summed E-state index contributed by atoms with van der Waals surface area (Å²) in [5, 5.41) is 0.530. The van der Waals surface area contributed by atoms with Gasteiger partial charge in [0.25, 0.3) is 0 Å². The van der Waals surface area contributed by atoms with Crippen molar-refractivity contribution in [2.75, 3.05) is 14.2 Å². The van der Waals surface area contributed by atoms with E-state index < -0.39 is 28.6 Å². The van der Waals surface area contributed by atoms with Gasteiger partial charge < -0.3 is 23.0 Å². The molecule has 5 aromatic rings. The molecule has 194 valence electrons. The summed E-state index contributed by atoms with van der Waals surface area (Å²) >= 11 is 0. The Morgan fingerprint density at radius 2 is 1.47 bits per heavy atom. The molecule has 0 spiro atoms. The summed E-state index contributed by atoms with van der Waals surface area (Å²) in [6, 6.07) is 16.1. The molecule has 0 radical (unpaired) electrons. The fraction of sp³-hybridized carbons (Fsp3) is 0.143. The normalized spacial score (nSPS) is 11.6. The number of alkyl halides is 3. The van der Waals surface area contributed by atoms with Crippen molar-refractivity contribution < 1.29 is 36.2 Å². The first-order chi connectivity index (χ1) is 18.2. The van der Waals surface area contributed by atoms with Gasteiger partial charge in [0.2, 0.25) is 11.2 Å². The van der Waals surface area contributed by atoms with E-state index in [-0.39, 0.29) is 34.6 Å². The number of hydrogen-bond acceptors (Lipinski definition) is 7. The number of para-hydroxylation sites is 1. The van der Waals surface area contributed by atoms with Crippen LogP contribution in [0.2, 0.25) is 0 Å². The highest BCUT2D eigenvalue weighted by Gasteiger charge is 2.40. The van der Waals surface area contributed by atoms with E-state index in [0.717, 1.165) is 0 Å². The Kier molecular flexibility index (Phi) is 6.31. The van der Waals surface area contributed by atoms with E-state index >= 15 is 0 Å². The zero-order valence-electron chi connectivity index (χ0n) is 20.0. The van der Waals surface area contributed by atoms with E-state index in [2.05, 4.69) is 0 Å². The summed E-state index contributed by atoms with van der Waals surface area (Å²) in [7, 11) is 2.78. The number of fused-ring (bicyclic) bond motifs is 2. The van der Waals surface area contributed by atoms with Crippen LogP contribution in [0.25, 0.3) is 33.1 Å². The quantitative estimate of drug-likeness (QED) is 0.245. The Balaban J connectivity index is 1.57. The first-order valence-corrected chi connectivity index (χ1v) is 11.2. The Morgan fingerprint density at radius 1 is 0.789 bits per heavy atom. The van der Waals surface area contributed by atoms with Crippen LogP contribution < -0.4 is 25.3 Å². The number of ether oxygens (including phenoxy) is 3. The molecule has 0 aliphatic rings. The molecule has 0 unspecified atom stereocenters. The number of methoxy groups -OCH3 is 2. The molecular weight excluding hydrogens is 505 g/mol. The molecule has 5 rings (SSSR count). The molecule has 0 atom stereocenters. The maximum atomic E-state index is 14.0. The zero-order valence-corrected chi connectivity index (χ0v) is 20.0. The van der Waals surface area contributed by atoms with Gasteiger partial charge in [0.15, 0.2) is 0 Å². The van der Waals surface area contributed by atoms with Gasteiger partial charge in [-0.15, -0.1) is 0 Å². The molecular formula is C28H19F3O7. The predicted molar refractivity (Wildman–Crippen MR) is 133 cm³/mol. The van der Waals surface area contributed by atoms with Crippen molar-refractivity contribution in [1.82, 2.24) is 0 Å². The van der Waals surface area contributed by atoms with Crippen LogP contribution in [0, 0.1) is 0 Å². The summed E-state index contributed by atoms with van der Waals surface area (Å²) in [4.78, 5) is 25.3. The van der Waals surface area contributed by atoms with Crippen molar-refractivity contribution in [3.63, 3.8) is 0 Å². The number of rotatable bonds is 6. The molecule has 0 aliphatic carbocycles. The lowest BCUT2D eigenvalue weighted by molar-refractivity contribution is -0.152. The monoisotopic (exact) mass is 524 g/mol. The van der Waals surface area contributed by atoms with Crippen LogP contribution in [0.4, 0.5) is 13.2 Å². The third-order valence-electron chi connectivity index (χ3n) is 5.93. The van der Waals surface area contributed by atoms with Crippen molar-refractivity contribution in [2.45, 2.75) is 12.8 Å². The maximum Gasteiger partial charge on any atom is 0.450 e. The molecule has 0 saturated carbocycles. The first kappa shape index (κ1) is 24.9.